The van der Waals surface area contributed by atoms with Gasteiger partial charge in [0.25, 0.3) is 5.91 Å². The maximum Gasteiger partial charge on any atom is 0.257 e. The van der Waals surface area contributed by atoms with Gasteiger partial charge in [-0.1, -0.05) is 30.1 Å². The average molecular weight is 272 g/mol. The van der Waals surface area contributed by atoms with Crippen LogP contribution in [0.25, 0.3) is 0 Å². The Kier molecular flexibility index (Phi) is 10.1. The van der Waals surface area contributed by atoms with Crippen LogP contribution >= 0.6 is 23.2 Å². The first-order valence-corrected chi connectivity index (χ1v) is 6.23. The highest BCUT2D eigenvalue weighted by molar-refractivity contribution is 6.53. The highest BCUT2D eigenvalue weighted by atomic mass is 35.5. The number of hydrogen-bond donors (Lipinski definition) is 0. The molecule has 0 saturated heterocycles. The molecule has 0 N–H and O–H groups in total. The highest BCUT2D eigenvalue weighted by Gasteiger charge is 2.19. The van der Waals surface area contributed by atoms with E-state index in [0.717, 1.165) is 6.42 Å². The lowest BCUT2D eigenvalue weighted by molar-refractivity contribution is -0.135. The van der Waals surface area contributed by atoms with Crippen molar-refractivity contribution in [3.8, 4) is 0 Å². The largest absolute Gasteiger partial charge is 0.379 e. The summed E-state index contributed by atoms with van der Waals surface area (Å²) in [4.78, 5) is 12.0. The van der Waals surface area contributed by atoms with Gasteiger partial charge < -0.3 is 14.4 Å². The predicted molar refractivity (Wildman–Crippen MR) is 64.8 cm³/mol. The molecule has 0 spiro atoms. The third-order valence-corrected chi connectivity index (χ3v) is 2.19. The molecule has 0 rings (SSSR count). The van der Waals surface area contributed by atoms with E-state index in [1.54, 1.807) is 0 Å². The first-order valence-electron chi connectivity index (χ1n) is 5.35. The molecule has 0 aromatic rings. The summed E-state index contributed by atoms with van der Waals surface area (Å²) in [7, 11) is 0. The normalized spacial score (nSPS) is 10.8. The zero-order valence-electron chi connectivity index (χ0n) is 9.75. The molecular weight excluding hydrogens is 253 g/mol. The van der Waals surface area contributed by atoms with Crippen LogP contribution in [0, 0.1) is 0 Å². The second-order valence-corrected chi connectivity index (χ2v) is 4.23. The van der Waals surface area contributed by atoms with Crippen LogP contribution in [0.2, 0.25) is 0 Å². The molecular formula is C10H19Cl2NO3. The number of carbonyl (C=O) groups excluding carboxylic acids is 1. The Morgan fingerprint density at radius 3 is 2.38 bits per heavy atom. The summed E-state index contributed by atoms with van der Waals surface area (Å²) in [6.45, 7) is 6.31. The van der Waals surface area contributed by atoms with Gasteiger partial charge in [0, 0.05) is 13.2 Å². The second kappa shape index (κ2) is 10.1. The number of rotatable bonds is 9. The van der Waals surface area contributed by atoms with Gasteiger partial charge >= 0.3 is 0 Å². The molecule has 6 heteroatoms. The molecule has 16 heavy (non-hydrogen) atoms. The van der Waals surface area contributed by atoms with E-state index < -0.39 is 4.84 Å². The van der Waals surface area contributed by atoms with Crippen molar-refractivity contribution < 1.29 is 14.3 Å². The van der Waals surface area contributed by atoms with Crippen molar-refractivity contribution in [3.05, 3.63) is 0 Å². The molecule has 0 radical (unpaired) electrons. The lowest BCUT2D eigenvalue weighted by Crippen LogP contribution is -2.37. The Balaban J connectivity index is 3.80. The lowest BCUT2D eigenvalue weighted by Gasteiger charge is -2.22. The average Bonchev–Trinajstić information content (AvgIpc) is 2.26. The topological polar surface area (TPSA) is 38.8 Å². The summed E-state index contributed by atoms with van der Waals surface area (Å²) in [6, 6.07) is 0. The quantitative estimate of drug-likeness (QED) is 0.366. The van der Waals surface area contributed by atoms with Gasteiger partial charge in [-0.25, -0.2) is 0 Å². The van der Waals surface area contributed by atoms with Gasteiger partial charge in [-0.3, -0.25) is 4.79 Å². The van der Waals surface area contributed by atoms with E-state index in [0.29, 0.717) is 26.4 Å². The van der Waals surface area contributed by atoms with Crippen molar-refractivity contribution in [2.75, 3.05) is 33.1 Å². The van der Waals surface area contributed by atoms with E-state index >= 15 is 0 Å². The van der Waals surface area contributed by atoms with E-state index in [1.165, 1.54) is 4.90 Å². The van der Waals surface area contributed by atoms with Crippen LogP contribution in [0.5, 0.6) is 0 Å². The summed E-state index contributed by atoms with van der Waals surface area (Å²) in [5, 5.41) is 0. The molecule has 0 aliphatic carbocycles. The number of hydrogen-bond acceptors (Lipinski definition) is 3. The van der Waals surface area contributed by atoms with Crippen molar-refractivity contribution >= 4 is 29.1 Å². The number of halogens is 2. The third-order valence-electron chi connectivity index (χ3n) is 1.82. The summed E-state index contributed by atoms with van der Waals surface area (Å²) in [6.07, 6.45) is 0.834. The molecule has 0 bridgehead atoms. The minimum Gasteiger partial charge on any atom is -0.379 e. The monoisotopic (exact) mass is 271 g/mol. The Bertz CT molecular complexity index is 191. The van der Waals surface area contributed by atoms with Gasteiger partial charge in [0.1, 0.15) is 6.73 Å². The molecule has 0 unspecified atom stereocenters. The summed E-state index contributed by atoms with van der Waals surface area (Å²) < 4.78 is 10.4. The number of alkyl halides is 2. The molecule has 0 aromatic carbocycles. The summed E-state index contributed by atoms with van der Waals surface area (Å²) >= 11 is 11.0. The van der Waals surface area contributed by atoms with Gasteiger partial charge in [0.15, 0.2) is 4.84 Å². The smallest absolute Gasteiger partial charge is 0.257 e. The molecule has 0 atom stereocenters. The maximum atomic E-state index is 11.5. The van der Waals surface area contributed by atoms with Crippen LogP contribution in [0.15, 0.2) is 0 Å². The second-order valence-electron chi connectivity index (χ2n) is 3.14. The van der Waals surface area contributed by atoms with Crippen LogP contribution < -0.4 is 0 Å². The summed E-state index contributed by atoms with van der Waals surface area (Å²) in [5.41, 5.74) is 0. The Morgan fingerprint density at radius 2 is 1.88 bits per heavy atom. The molecule has 0 heterocycles. The van der Waals surface area contributed by atoms with Crippen molar-refractivity contribution in [3.63, 3.8) is 0 Å². The van der Waals surface area contributed by atoms with E-state index in [1.807, 2.05) is 13.8 Å². The highest BCUT2D eigenvalue weighted by Crippen LogP contribution is 2.07. The van der Waals surface area contributed by atoms with Gasteiger partial charge in [-0.15, -0.1) is 0 Å². The standard InChI is InChI=1S/C10H19Cl2NO3/c1-3-5-13(10(14)9(11)12)8-16-7-6-15-4-2/h9H,3-8H2,1-2H3. The fraction of sp³-hybridized carbons (Fsp3) is 0.900. The molecule has 1 amide bonds. The molecule has 0 fully saturated rings. The molecule has 4 nitrogen and oxygen atoms in total. The molecule has 0 saturated carbocycles. The Hall–Kier alpha value is -0.0300. The van der Waals surface area contributed by atoms with Gasteiger partial charge in [-0.2, -0.15) is 0 Å². The van der Waals surface area contributed by atoms with E-state index in [2.05, 4.69) is 0 Å². The van der Waals surface area contributed by atoms with E-state index in [-0.39, 0.29) is 12.6 Å². The first kappa shape index (κ1) is 16.0. The van der Waals surface area contributed by atoms with Crippen molar-refractivity contribution in [1.82, 2.24) is 4.90 Å². The third kappa shape index (κ3) is 7.28. The molecule has 96 valence electrons. The summed E-state index contributed by atoms with van der Waals surface area (Å²) in [5.74, 6) is -0.318. The first-order chi connectivity index (χ1) is 7.63. The van der Waals surface area contributed by atoms with E-state index in [9.17, 15) is 4.79 Å². The van der Waals surface area contributed by atoms with Crippen LogP contribution in [0.3, 0.4) is 0 Å². The van der Waals surface area contributed by atoms with Gasteiger partial charge in [-0.05, 0) is 13.3 Å². The number of carbonyl (C=O) groups is 1. The number of amides is 1. The van der Waals surface area contributed by atoms with Crippen LogP contribution in [-0.2, 0) is 14.3 Å². The van der Waals surface area contributed by atoms with Gasteiger partial charge in [0.05, 0.1) is 13.2 Å². The zero-order valence-corrected chi connectivity index (χ0v) is 11.3. The van der Waals surface area contributed by atoms with Crippen molar-refractivity contribution in [1.29, 1.82) is 0 Å². The maximum absolute atomic E-state index is 11.5. The SMILES string of the molecule is CCCN(COCCOCC)C(=O)C(Cl)Cl. The molecule has 0 aromatic heterocycles. The van der Waals surface area contributed by atoms with E-state index in [4.69, 9.17) is 32.7 Å². The minimum atomic E-state index is -1.03. The van der Waals surface area contributed by atoms with Gasteiger partial charge in [0.2, 0.25) is 0 Å². The van der Waals surface area contributed by atoms with Crippen LogP contribution in [-0.4, -0.2) is 48.7 Å². The predicted octanol–water partition coefficient (Wildman–Crippen LogP) is 2.04. The lowest BCUT2D eigenvalue weighted by atomic mass is 10.4. The fourth-order valence-corrected chi connectivity index (χ4v) is 1.36. The van der Waals surface area contributed by atoms with Crippen LogP contribution in [0.1, 0.15) is 20.3 Å². The number of ether oxygens (including phenoxy) is 2. The molecule has 0 aliphatic rings. The van der Waals surface area contributed by atoms with Crippen molar-refractivity contribution in [2.45, 2.75) is 25.1 Å². The van der Waals surface area contributed by atoms with Crippen LogP contribution in [0.4, 0.5) is 0 Å². The fourth-order valence-electron chi connectivity index (χ4n) is 1.08. The Labute approximate surface area is 107 Å². The minimum absolute atomic E-state index is 0.204. The molecule has 0 aliphatic heterocycles. The zero-order chi connectivity index (χ0) is 12.4. The number of nitrogens with zero attached hydrogens (tertiary/aromatic N) is 1. The van der Waals surface area contributed by atoms with Crippen molar-refractivity contribution in [2.24, 2.45) is 0 Å². The Morgan fingerprint density at radius 1 is 1.25 bits per heavy atom.